The first-order valence-corrected chi connectivity index (χ1v) is 32.0. The lowest BCUT2D eigenvalue weighted by atomic mass is 9.62. The molecule has 0 amide bonds. The fourth-order valence-electron chi connectivity index (χ4n) is 16.9. The van der Waals surface area contributed by atoms with Crippen molar-refractivity contribution in [3.63, 3.8) is 0 Å². The second-order valence-electron chi connectivity index (χ2n) is 27.9. The van der Waals surface area contributed by atoms with Gasteiger partial charge in [-0.3, -0.25) is 52.7 Å². The van der Waals surface area contributed by atoms with Crippen molar-refractivity contribution in [3.05, 3.63) is 92.1 Å². The molecule has 6 fully saturated rings. The molecule has 0 bridgehead atoms. The predicted molar refractivity (Wildman–Crippen MR) is 312 cm³/mol. The molecule has 15 aliphatic rings. The SMILES string of the molecule is CC1CC2(CC(=O)OC(=O)C2)CC2=C1C(=O)OC2=O.CCC1CC2(CC(=O)OC(=O)C2)CC2=C1C(=O)OC2=O.O=C1CC2(C=C3C(=O)OC(=O)C3CC2)CC(=O)O1.O=C1CC2(CC(=O)O1)CC1=C(C(=O)OC1=O)C(c1ccccc1)C2.O=C1CC2(CCC3=C(C2)C(=O)OC3=O)CC(=O)O1. The van der Waals surface area contributed by atoms with E-state index >= 15 is 0 Å². The van der Waals surface area contributed by atoms with Crippen LogP contribution in [0.3, 0.4) is 0 Å². The van der Waals surface area contributed by atoms with Crippen molar-refractivity contribution >= 4 is 119 Å². The molecule has 0 radical (unpaired) electrons. The molecule has 99 heavy (non-hydrogen) atoms. The standard InChI is InChI=1S/C18H14O6.C14H14O6.C13H12O6.2C12H10O6/c19-13-8-18(9-14(20)23-13)6-11(10-4-2-1-3-5-10)15-12(7-18)16(21)24-17(15)22;1-2-7-3-14(5-9(15)19-10(16)6-14)4-8-11(7)13(18)20-12(8)17;1-6-2-13(4-8(14)18-9(15)5-13)3-7-10(6)12(17)19-11(7)16;2*13-8-4-12(5-9(14)17-8)2-1-6-7(3-12)11(16)18-10(6)15/h1-5,11H,6-9H2;7H,2-6H2,1H3;6H,2-5H2,1H3;1-5H2;3,6H,1-2,4-5H2. The fourth-order valence-corrected chi connectivity index (χ4v) is 16.9. The van der Waals surface area contributed by atoms with Gasteiger partial charge >= 0.3 is 119 Å². The minimum atomic E-state index is -0.699. The maximum Gasteiger partial charge on any atom is 0.343 e. The zero-order valence-electron chi connectivity index (χ0n) is 53.1. The minimum Gasteiger partial charge on any atom is -0.393 e. The molecular formula is C69H60O30. The van der Waals surface area contributed by atoms with Crippen LogP contribution < -0.4 is 0 Å². The Bertz CT molecular complexity index is 4110. The van der Waals surface area contributed by atoms with E-state index in [1.807, 2.05) is 37.3 Å². The Morgan fingerprint density at radius 2 is 0.727 bits per heavy atom. The maximum atomic E-state index is 12.1. The van der Waals surface area contributed by atoms with Gasteiger partial charge in [0.25, 0.3) is 0 Å². The quantitative estimate of drug-likeness (QED) is 0.228. The van der Waals surface area contributed by atoms with Crippen molar-refractivity contribution in [2.75, 3.05) is 0 Å². The van der Waals surface area contributed by atoms with E-state index in [9.17, 15) is 95.9 Å². The van der Waals surface area contributed by atoms with Crippen molar-refractivity contribution in [2.24, 2.45) is 44.8 Å². The molecule has 10 aliphatic heterocycles. The maximum absolute atomic E-state index is 12.1. The number of carbonyl (C=O) groups is 20. The zero-order valence-corrected chi connectivity index (χ0v) is 53.1. The number of esters is 20. The van der Waals surface area contributed by atoms with Gasteiger partial charge in [0.15, 0.2) is 0 Å². The first-order chi connectivity index (χ1) is 46.8. The first-order valence-electron chi connectivity index (χ1n) is 32.0. The molecule has 5 spiro atoms. The lowest BCUT2D eigenvalue weighted by Crippen LogP contribution is -2.40. The van der Waals surface area contributed by atoms with Crippen LogP contribution in [-0.4, -0.2) is 119 Å². The molecule has 0 N–H and O–H groups in total. The largest absolute Gasteiger partial charge is 0.393 e. The average molecular weight is 1370 g/mol. The predicted octanol–water partition coefficient (Wildman–Crippen LogP) is 4.13. The summed E-state index contributed by atoms with van der Waals surface area (Å²) < 4.78 is 45.9. The Morgan fingerprint density at radius 3 is 1.22 bits per heavy atom. The molecule has 1 aromatic carbocycles. The molecule has 6 saturated heterocycles. The summed E-state index contributed by atoms with van der Waals surface area (Å²) in [5.74, 6) is -13.1. The van der Waals surface area contributed by atoms with Crippen molar-refractivity contribution < 1.29 is 143 Å². The van der Waals surface area contributed by atoms with Gasteiger partial charge in [-0.15, -0.1) is 0 Å². The van der Waals surface area contributed by atoms with Crippen LogP contribution in [0.25, 0.3) is 0 Å². The molecular weight excluding hydrogens is 1310 g/mol. The van der Waals surface area contributed by atoms with Crippen molar-refractivity contribution in [2.45, 2.75) is 161 Å². The summed E-state index contributed by atoms with van der Waals surface area (Å²) in [4.78, 5) is 232. The molecule has 1 aromatic rings. The van der Waals surface area contributed by atoms with Crippen LogP contribution in [0.4, 0.5) is 0 Å². The van der Waals surface area contributed by atoms with Gasteiger partial charge in [-0.2, -0.15) is 0 Å². The Balaban J connectivity index is 0.000000118. The van der Waals surface area contributed by atoms with E-state index in [1.54, 1.807) is 13.0 Å². The Morgan fingerprint density at radius 1 is 0.343 bits per heavy atom. The van der Waals surface area contributed by atoms with Crippen molar-refractivity contribution in [1.29, 1.82) is 0 Å². The molecule has 30 heteroatoms. The van der Waals surface area contributed by atoms with E-state index in [-0.39, 0.29) is 113 Å². The van der Waals surface area contributed by atoms with E-state index in [1.165, 1.54) is 0 Å². The van der Waals surface area contributed by atoms with Crippen LogP contribution in [0.15, 0.2) is 86.6 Å². The summed E-state index contributed by atoms with van der Waals surface area (Å²) in [6.07, 6.45) is 7.31. The number of allylic oxidation sites excluding steroid dienone is 1. The molecule has 5 aliphatic carbocycles. The number of fused-ring (bicyclic) bond motifs is 1. The van der Waals surface area contributed by atoms with E-state index in [0.29, 0.717) is 96.0 Å². The second kappa shape index (κ2) is 25.6. The summed E-state index contributed by atoms with van der Waals surface area (Å²) in [7, 11) is 0. The summed E-state index contributed by atoms with van der Waals surface area (Å²) >= 11 is 0. The number of carbonyl (C=O) groups excluding carboxylic acids is 20. The highest BCUT2D eigenvalue weighted by Crippen LogP contribution is 2.57. The van der Waals surface area contributed by atoms with Gasteiger partial charge < -0.3 is 47.4 Å². The van der Waals surface area contributed by atoms with Gasteiger partial charge in [0, 0.05) is 44.8 Å². The van der Waals surface area contributed by atoms with Gasteiger partial charge in [-0.1, -0.05) is 50.3 Å². The Kier molecular flexibility index (Phi) is 17.7. The molecule has 10 heterocycles. The van der Waals surface area contributed by atoms with Crippen LogP contribution in [-0.2, 0) is 143 Å². The highest BCUT2D eigenvalue weighted by atomic mass is 16.6. The molecule has 0 saturated carbocycles. The van der Waals surface area contributed by atoms with Crippen molar-refractivity contribution in [1.82, 2.24) is 0 Å². The van der Waals surface area contributed by atoms with Gasteiger partial charge in [0.1, 0.15) is 0 Å². The highest BCUT2D eigenvalue weighted by Gasteiger charge is 2.57. The third-order valence-electron chi connectivity index (χ3n) is 20.9. The lowest BCUT2D eigenvalue weighted by molar-refractivity contribution is -0.172. The Labute approximate surface area is 558 Å². The third kappa shape index (κ3) is 13.5. The Hall–Kier alpha value is -10.7. The lowest BCUT2D eigenvalue weighted by Gasteiger charge is -2.41. The topological polar surface area (TPSA) is 434 Å². The minimum absolute atomic E-state index is 0.0559. The molecule has 0 aromatic heterocycles. The van der Waals surface area contributed by atoms with Crippen LogP contribution >= 0.6 is 0 Å². The van der Waals surface area contributed by atoms with Crippen LogP contribution in [0.2, 0.25) is 0 Å². The smallest absolute Gasteiger partial charge is 0.343 e. The highest BCUT2D eigenvalue weighted by molar-refractivity contribution is 6.16. The molecule has 4 atom stereocenters. The second-order valence-corrected chi connectivity index (χ2v) is 27.9. The summed E-state index contributed by atoms with van der Waals surface area (Å²) in [5.41, 5.74) is 0.890. The average Bonchev–Trinajstić information content (AvgIpc) is 1.70. The van der Waals surface area contributed by atoms with E-state index in [4.69, 9.17) is 4.74 Å². The molecule has 16 rings (SSSR count). The van der Waals surface area contributed by atoms with E-state index in [0.717, 1.165) is 5.56 Å². The molecule has 516 valence electrons. The number of hydrogen-bond donors (Lipinski definition) is 0. The summed E-state index contributed by atoms with van der Waals surface area (Å²) in [5, 5.41) is 0. The summed E-state index contributed by atoms with van der Waals surface area (Å²) in [6.45, 7) is 3.72. The van der Waals surface area contributed by atoms with Crippen molar-refractivity contribution in [3.8, 4) is 0 Å². The number of benzene rings is 1. The number of rotatable bonds is 2. The third-order valence-corrected chi connectivity index (χ3v) is 20.9. The molecule has 4 unspecified atom stereocenters. The van der Waals surface area contributed by atoms with Crippen LogP contribution in [0.5, 0.6) is 0 Å². The zero-order chi connectivity index (χ0) is 71.0. The van der Waals surface area contributed by atoms with Gasteiger partial charge in [0.05, 0.1) is 86.8 Å². The van der Waals surface area contributed by atoms with E-state index in [2.05, 4.69) is 42.6 Å². The van der Waals surface area contributed by atoms with Crippen LogP contribution in [0, 0.1) is 44.8 Å². The van der Waals surface area contributed by atoms with Gasteiger partial charge in [0.2, 0.25) is 0 Å². The summed E-state index contributed by atoms with van der Waals surface area (Å²) in [6, 6.07) is 9.29. The first kappa shape index (κ1) is 68.3. The number of ether oxygens (including phenoxy) is 10. The molecule has 30 nitrogen and oxygen atoms in total. The number of cyclic esters (lactones) is 20. The monoisotopic (exact) mass is 1370 g/mol. The van der Waals surface area contributed by atoms with Crippen LogP contribution in [0.1, 0.15) is 167 Å². The van der Waals surface area contributed by atoms with Gasteiger partial charge in [-0.25, -0.2) is 43.2 Å². The van der Waals surface area contributed by atoms with Gasteiger partial charge in [-0.05, 0) is 116 Å². The number of hydrogen-bond acceptors (Lipinski definition) is 30. The fraction of sp³-hybridized carbons (Fsp3) is 0.478. The van der Waals surface area contributed by atoms with E-state index < -0.39 is 152 Å². The normalized spacial score (nSPS) is 27.8.